The minimum Gasteiger partial charge on any atom is -1.00 e. The van der Waals surface area contributed by atoms with Crippen LogP contribution in [-0.4, -0.2) is 10.1 Å². The second-order valence-corrected chi connectivity index (χ2v) is 39.3. The van der Waals surface area contributed by atoms with Crippen LogP contribution in [0.5, 0.6) is 0 Å². The van der Waals surface area contributed by atoms with Crippen LogP contribution in [0.25, 0.3) is 11.1 Å². The number of allylic oxidation sites excluding steroid dienone is 8. The second-order valence-electron chi connectivity index (χ2n) is 10.3. The first-order chi connectivity index (χ1) is 19.5. The van der Waals surface area contributed by atoms with Gasteiger partial charge in [0, 0.05) is 0 Å². The fourth-order valence-corrected chi connectivity index (χ4v) is 56.8. The predicted molar refractivity (Wildman–Crippen MR) is 161 cm³/mol. The summed E-state index contributed by atoms with van der Waals surface area (Å²) in [6, 6.07) is 36.4. The summed E-state index contributed by atoms with van der Waals surface area (Å²) in [5, 5.41) is 0. The van der Waals surface area contributed by atoms with E-state index in [1.54, 1.807) is 39.7 Å². The molecular formula is C36H30Cl2F2GeHf. The molecule has 4 aromatic rings. The van der Waals surface area contributed by atoms with Crippen LogP contribution in [0.4, 0.5) is 8.78 Å². The van der Waals surface area contributed by atoms with Crippen LogP contribution in [0.2, 0.25) is 0 Å². The molecule has 0 nitrogen and oxygen atoms in total. The monoisotopic (exact) mass is 824 g/mol. The van der Waals surface area contributed by atoms with E-state index in [1.807, 2.05) is 24.3 Å². The van der Waals surface area contributed by atoms with Crippen LogP contribution >= 0.6 is 0 Å². The third kappa shape index (κ3) is 6.60. The molecule has 0 amide bonds. The van der Waals surface area contributed by atoms with Crippen LogP contribution in [0.1, 0.15) is 37.8 Å². The molecule has 4 aromatic carbocycles. The fourth-order valence-electron chi connectivity index (χ4n) is 6.00. The Morgan fingerprint density at radius 2 is 0.881 bits per heavy atom. The van der Waals surface area contributed by atoms with Crippen molar-refractivity contribution in [1.82, 2.24) is 0 Å². The minimum atomic E-state index is -2.76. The number of rotatable bonds is 6. The van der Waals surface area contributed by atoms with Crippen LogP contribution < -0.4 is 33.6 Å². The van der Waals surface area contributed by atoms with E-state index in [1.165, 1.54) is 22.3 Å². The minimum absolute atomic E-state index is 0. The Hall–Kier alpha value is -2.31. The van der Waals surface area contributed by atoms with Gasteiger partial charge < -0.3 is 24.8 Å². The van der Waals surface area contributed by atoms with Gasteiger partial charge in [-0.1, -0.05) is 0 Å². The molecule has 0 saturated carbocycles. The molecule has 0 saturated heterocycles. The Morgan fingerprint density at radius 1 is 0.524 bits per heavy atom. The smallest absolute Gasteiger partial charge is 1.00 e. The topological polar surface area (TPSA) is 0 Å². The zero-order chi connectivity index (χ0) is 27.6. The van der Waals surface area contributed by atoms with E-state index in [2.05, 4.69) is 86.7 Å². The summed E-state index contributed by atoms with van der Waals surface area (Å²) in [5.74, 6) is -0.399. The number of hydrogen-bond donors (Lipinski definition) is 0. The van der Waals surface area contributed by atoms with Gasteiger partial charge in [0.1, 0.15) is 0 Å². The average molecular weight is 823 g/mol. The third-order valence-corrected chi connectivity index (χ3v) is 51.9. The number of benzene rings is 4. The molecular weight excluding hydrogens is 792 g/mol. The van der Waals surface area contributed by atoms with E-state index < -0.39 is 28.4 Å². The Labute approximate surface area is 268 Å². The molecule has 0 aliphatic heterocycles. The van der Waals surface area contributed by atoms with Crippen LogP contribution in [-0.2, 0) is 18.3 Å². The third-order valence-electron chi connectivity index (χ3n) is 8.02. The quantitative estimate of drug-likeness (QED) is 0.262. The average Bonchev–Trinajstić information content (AvgIpc) is 3.55. The van der Waals surface area contributed by atoms with Gasteiger partial charge in [-0.05, 0) is 0 Å². The van der Waals surface area contributed by atoms with E-state index in [0.717, 1.165) is 24.0 Å². The molecule has 0 spiro atoms. The van der Waals surface area contributed by atoms with E-state index in [-0.39, 0.29) is 36.4 Å². The molecule has 0 atom stereocenters. The zero-order valence-corrected chi connectivity index (χ0v) is 30.7. The molecule has 0 bridgehead atoms. The number of halogens is 4. The Bertz CT molecular complexity index is 1610. The summed E-state index contributed by atoms with van der Waals surface area (Å²) in [6.07, 6.45) is 6.74. The van der Waals surface area contributed by atoms with Gasteiger partial charge >= 0.3 is 246 Å². The summed E-state index contributed by atoms with van der Waals surface area (Å²) in [7, 11) is -1.98. The maximum absolute atomic E-state index is 13.8. The predicted octanol–water partition coefficient (Wildman–Crippen LogP) is 2.22. The molecule has 42 heavy (non-hydrogen) atoms. The molecule has 0 aromatic heterocycles. The first-order valence-electron chi connectivity index (χ1n) is 13.7. The molecule has 2 aliphatic carbocycles. The van der Waals surface area contributed by atoms with Gasteiger partial charge in [-0.3, -0.25) is 0 Å². The SMILES string of the molecule is CC1=[C]([Hf+2]([C]2=C(C)C(c3ccc(F)cc3)=CC2)=[Ge]([c]2ccccc2)[c]2ccccc2)CC=C1c1ccc(F)cc1.[Cl-].[Cl-]. The maximum Gasteiger partial charge on any atom is -1.00 e. The zero-order valence-electron chi connectivity index (χ0n) is 23.5. The van der Waals surface area contributed by atoms with Gasteiger partial charge in [-0.15, -0.1) is 0 Å². The Morgan fingerprint density at radius 3 is 1.24 bits per heavy atom. The fraction of sp³-hybridized carbons (Fsp3) is 0.111. The summed E-state index contributed by atoms with van der Waals surface area (Å²) < 4.78 is 34.0. The van der Waals surface area contributed by atoms with Gasteiger partial charge in [0.2, 0.25) is 0 Å². The van der Waals surface area contributed by atoms with Crippen LogP contribution in [0.15, 0.2) is 139 Å². The van der Waals surface area contributed by atoms with E-state index in [4.69, 9.17) is 0 Å². The Kier molecular flexibility index (Phi) is 11.2. The molecule has 6 rings (SSSR count). The molecule has 0 unspecified atom stereocenters. The van der Waals surface area contributed by atoms with Gasteiger partial charge in [0.05, 0.1) is 0 Å². The summed E-state index contributed by atoms with van der Waals surface area (Å²) >= 11 is -2.76. The molecule has 210 valence electrons. The van der Waals surface area contributed by atoms with Gasteiger partial charge in [0.15, 0.2) is 0 Å². The molecule has 0 N–H and O–H groups in total. The van der Waals surface area contributed by atoms with Crippen molar-refractivity contribution in [3.05, 3.63) is 162 Å². The van der Waals surface area contributed by atoms with Crippen molar-refractivity contribution < 1.29 is 51.9 Å². The Balaban J connectivity index is 0.00000202. The van der Waals surface area contributed by atoms with Crippen LogP contribution in [0, 0.1) is 11.6 Å². The molecule has 0 heterocycles. The van der Waals surface area contributed by atoms with E-state index in [0.29, 0.717) is 0 Å². The van der Waals surface area contributed by atoms with Crippen molar-refractivity contribution in [3.63, 3.8) is 0 Å². The van der Waals surface area contributed by atoms with Crippen molar-refractivity contribution in [2.75, 3.05) is 0 Å². The van der Waals surface area contributed by atoms with E-state index >= 15 is 0 Å². The van der Waals surface area contributed by atoms with Crippen LogP contribution in [0.3, 0.4) is 0 Å². The van der Waals surface area contributed by atoms with Gasteiger partial charge in [0.25, 0.3) is 0 Å². The van der Waals surface area contributed by atoms with Crippen molar-refractivity contribution in [3.8, 4) is 0 Å². The first-order valence-corrected chi connectivity index (χ1v) is 29.8. The van der Waals surface area contributed by atoms with Gasteiger partial charge in [-0.2, -0.15) is 0 Å². The van der Waals surface area contributed by atoms with Gasteiger partial charge in [-0.25, -0.2) is 0 Å². The summed E-state index contributed by atoms with van der Waals surface area (Å²) in [4.78, 5) is 0. The molecule has 0 radical (unpaired) electrons. The van der Waals surface area contributed by atoms with Crippen molar-refractivity contribution >= 4 is 30.0 Å². The number of hydrogen-bond acceptors (Lipinski definition) is 0. The standard InChI is InChI=1S/2C12H10F.C12H10Ge.2ClH.Hf/c2*1-9-3-2-4-12(9)10-5-7-11(13)8-6-10;1-3-7-11(8-4-1)13-12-9-5-2-6-10-12;;;/h2*4-8H,2H2,1H3;1-10H;2*1H;/q;;;;;+2/p-2. The first kappa shape index (κ1) is 32.6. The van der Waals surface area contributed by atoms with Crippen molar-refractivity contribution in [2.45, 2.75) is 26.7 Å². The van der Waals surface area contributed by atoms with Crippen molar-refractivity contribution in [1.29, 1.82) is 0 Å². The largest absolute Gasteiger partial charge is 1.00 e. The molecule has 6 heteroatoms. The summed E-state index contributed by atoms with van der Waals surface area (Å²) in [5.41, 5.74) is 7.53. The molecule has 0 fully saturated rings. The maximum atomic E-state index is 13.8. The second kappa shape index (κ2) is 14.4. The van der Waals surface area contributed by atoms with E-state index in [9.17, 15) is 8.78 Å². The molecule has 2 aliphatic rings. The van der Waals surface area contributed by atoms with Crippen molar-refractivity contribution in [2.24, 2.45) is 0 Å². The summed E-state index contributed by atoms with van der Waals surface area (Å²) in [6.45, 7) is 4.60. The normalized spacial score (nSPS) is 14.0.